The second-order valence-electron chi connectivity index (χ2n) is 19.5. The van der Waals surface area contributed by atoms with E-state index < -0.39 is 6.10 Å². The first-order valence-corrected chi connectivity index (χ1v) is 26.7. The van der Waals surface area contributed by atoms with E-state index in [1.165, 1.54) is 186 Å². The van der Waals surface area contributed by atoms with E-state index in [-0.39, 0.29) is 31.1 Å². The molecular formula is C54H104O6. The minimum Gasteiger partial charge on any atom is -0.462 e. The van der Waals surface area contributed by atoms with Gasteiger partial charge in [-0.25, -0.2) is 0 Å². The summed E-state index contributed by atoms with van der Waals surface area (Å²) >= 11 is 0. The maximum Gasteiger partial charge on any atom is 0.306 e. The molecule has 0 saturated heterocycles. The number of rotatable bonds is 48. The fraction of sp³-hybridized carbons (Fsp3) is 0.944. The van der Waals surface area contributed by atoms with Gasteiger partial charge in [0.2, 0.25) is 0 Å². The first-order chi connectivity index (χ1) is 29.2. The van der Waals surface area contributed by atoms with E-state index in [0.717, 1.165) is 69.6 Å². The Kier molecular flexibility index (Phi) is 45.7. The van der Waals surface area contributed by atoms with Crippen LogP contribution in [-0.2, 0) is 28.6 Å². The molecule has 0 aromatic rings. The van der Waals surface area contributed by atoms with Crippen LogP contribution in [0.15, 0.2) is 0 Å². The molecule has 0 aromatic carbocycles. The van der Waals surface area contributed by atoms with E-state index in [1.807, 2.05) is 0 Å². The van der Waals surface area contributed by atoms with Gasteiger partial charge in [-0.1, -0.05) is 259 Å². The molecule has 0 heterocycles. The smallest absolute Gasteiger partial charge is 0.306 e. The van der Waals surface area contributed by atoms with Crippen molar-refractivity contribution in [3.63, 3.8) is 0 Å². The Labute approximate surface area is 374 Å². The lowest BCUT2D eigenvalue weighted by Crippen LogP contribution is -2.30. The Morgan fingerprint density at radius 3 is 0.817 bits per heavy atom. The van der Waals surface area contributed by atoms with Gasteiger partial charge in [0, 0.05) is 19.3 Å². The quantitative estimate of drug-likeness (QED) is 0.0345. The van der Waals surface area contributed by atoms with Crippen LogP contribution in [0, 0.1) is 11.8 Å². The van der Waals surface area contributed by atoms with Crippen molar-refractivity contribution in [3.05, 3.63) is 0 Å². The van der Waals surface area contributed by atoms with Gasteiger partial charge >= 0.3 is 17.9 Å². The molecule has 1 atom stereocenters. The molecule has 0 aliphatic carbocycles. The molecule has 0 aliphatic heterocycles. The lowest BCUT2D eigenvalue weighted by atomic mass is 10.0. The fourth-order valence-electron chi connectivity index (χ4n) is 8.17. The molecule has 0 aromatic heterocycles. The summed E-state index contributed by atoms with van der Waals surface area (Å²) in [5.74, 6) is 0.761. The third-order valence-electron chi connectivity index (χ3n) is 12.2. The van der Waals surface area contributed by atoms with Gasteiger partial charge in [0.05, 0.1) is 0 Å². The van der Waals surface area contributed by atoms with Crippen molar-refractivity contribution in [2.75, 3.05) is 13.2 Å². The van der Waals surface area contributed by atoms with E-state index in [2.05, 4.69) is 34.6 Å². The van der Waals surface area contributed by atoms with Crippen LogP contribution in [0.25, 0.3) is 0 Å². The maximum atomic E-state index is 12.7. The van der Waals surface area contributed by atoms with Gasteiger partial charge in [-0.3, -0.25) is 14.4 Å². The van der Waals surface area contributed by atoms with Gasteiger partial charge in [0.1, 0.15) is 13.2 Å². The van der Waals surface area contributed by atoms with Gasteiger partial charge in [0.15, 0.2) is 6.10 Å². The average molecular weight is 849 g/mol. The molecule has 6 heteroatoms. The number of carbonyl (C=O) groups is 3. The number of esters is 3. The van der Waals surface area contributed by atoms with Crippen molar-refractivity contribution in [3.8, 4) is 0 Å². The number of hydrogen-bond acceptors (Lipinski definition) is 6. The van der Waals surface area contributed by atoms with Crippen LogP contribution in [0.4, 0.5) is 0 Å². The monoisotopic (exact) mass is 849 g/mol. The zero-order valence-corrected chi connectivity index (χ0v) is 41.1. The van der Waals surface area contributed by atoms with Crippen molar-refractivity contribution >= 4 is 17.9 Å². The van der Waals surface area contributed by atoms with E-state index in [1.54, 1.807) is 0 Å². The molecule has 0 rings (SSSR count). The molecule has 0 aliphatic rings. The van der Waals surface area contributed by atoms with Crippen molar-refractivity contribution in [2.45, 2.75) is 304 Å². The van der Waals surface area contributed by atoms with Crippen LogP contribution in [0.2, 0.25) is 0 Å². The van der Waals surface area contributed by atoms with E-state index in [4.69, 9.17) is 14.2 Å². The number of unbranched alkanes of at least 4 members (excludes halogenated alkanes) is 33. The summed E-state index contributed by atoms with van der Waals surface area (Å²) in [5.41, 5.74) is 0. The highest BCUT2D eigenvalue weighted by Crippen LogP contribution is 2.18. The lowest BCUT2D eigenvalue weighted by molar-refractivity contribution is -0.167. The van der Waals surface area contributed by atoms with Crippen molar-refractivity contribution in [1.82, 2.24) is 0 Å². The molecular weight excluding hydrogens is 745 g/mol. The van der Waals surface area contributed by atoms with Gasteiger partial charge in [-0.05, 0) is 31.1 Å². The minimum atomic E-state index is -0.762. The Morgan fingerprint density at radius 2 is 0.550 bits per heavy atom. The fourth-order valence-corrected chi connectivity index (χ4v) is 8.17. The number of ether oxygens (including phenoxy) is 3. The number of hydrogen-bond donors (Lipinski definition) is 0. The van der Waals surface area contributed by atoms with E-state index in [9.17, 15) is 14.4 Å². The molecule has 0 spiro atoms. The summed E-state index contributed by atoms with van der Waals surface area (Å²) in [6.45, 7) is 11.3. The van der Waals surface area contributed by atoms with Crippen molar-refractivity contribution < 1.29 is 28.6 Å². The molecule has 0 radical (unpaired) electrons. The standard InChI is InChI=1S/C54H104O6/c1-6-7-8-9-10-11-12-13-19-22-25-28-34-39-44-52(55)58-47-51(60-54(57)46-41-36-31-30-33-38-43-50(4)5)48-59-53(56)45-40-35-29-26-23-20-17-15-14-16-18-21-24-27-32-37-42-49(2)3/h49-51H,6-48H2,1-5H3/t51-/m1/s1. The Hall–Kier alpha value is -1.59. The molecule has 0 bridgehead atoms. The highest BCUT2D eigenvalue weighted by atomic mass is 16.6. The van der Waals surface area contributed by atoms with Gasteiger partial charge in [-0.2, -0.15) is 0 Å². The third kappa shape index (κ3) is 47.5. The van der Waals surface area contributed by atoms with Crippen LogP contribution in [-0.4, -0.2) is 37.2 Å². The zero-order chi connectivity index (χ0) is 44.0. The van der Waals surface area contributed by atoms with Gasteiger partial charge < -0.3 is 14.2 Å². The third-order valence-corrected chi connectivity index (χ3v) is 12.2. The largest absolute Gasteiger partial charge is 0.462 e. The average Bonchev–Trinajstić information content (AvgIpc) is 3.22. The molecule has 0 N–H and O–H groups in total. The maximum absolute atomic E-state index is 12.7. The second kappa shape index (κ2) is 46.9. The Morgan fingerprint density at radius 1 is 0.317 bits per heavy atom. The van der Waals surface area contributed by atoms with Crippen LogP contribution >= 0.6 is 0 Å². The van der Waals surface area contributed by atoms with Crippen molar-refractivity contribution in [1.29, 1.82) is 0 Å². The van der Waals surface area contributed by atoms with Gasteiger partial charge in [-0.15, -0.1) is 0 Å². The number of carbonyl (C=O) groups excluding carboxylic acids is 3. The predicted molar refractivity (Wildman–Crippen MR) is 256 cm³/mol. The van der Waals surface area contributed by atoms with Crippen LogP contribution in [0.1, 0.15) is 298 Å². The first-order valence-electron chi connectivity index (χ1n) is 26.7. The molecule has 356 valence electrons. The molecule has 0 fully saturated rings. The minimum absolute atomic E-state index is 0.0645. The topological polar surface area (TPSA) is 78.9 Å². The van der Waals surface area contributed by atoms with E-state index in [0.29, 0.717) is 19.3 Å². The predicted octanol–water partition coefficient (Wildman–Crippen LogP) is 17.3. The summed E-state index contributed by atoms with van der Waals surface area (Å²) in [6.07, 6.45) is 48.2. The summed E-state index contributed by atoms with van der Waals surface area (Å²) in [7, 11) is 0. The molecule has 6 nitrogen and oxygen atoms in total. The Bertz CT molecular complexity index is 916. The van der Waals surface area contributed by atoms with Crippen LogP contribution in [0.5, 0.6) is 0 Å². The first kappa shape index (κ1) is 58.4. The second-order valence-corrected chi connectivity index (χ2v) is 19.5. The summed E-state index contributed by atoms with van der Waals surface area (Å²) in [6, 6.07) is 0. The zero-order valence-electron chi connectivity index (χ0n) is 41.1. The van der Waals surface area contributed by atoms with Crippen LogP contribution < -0.4 is 0 Å². The summed E-state index contributed by atoms with van der Waals surface area (Å²) in [4.78, 5) is 37.9. The molecule has 0 saturated carbocycles. The highest BCUT2D eigenvalue weighted by Gasteiger charge is 2.19. The Balaban J connectivity index is 4.20. The summed E-state index contributed by atoms with van der Waals surface area (Å²) < 4.78 is 16.8. The summed E-state index contributed by atoms with van der Waals surface area (Å²) in [5, 5.41) is 0. The van der Waals surface area contributed by atoms with Crippen LogP contribution in [0.3, 0.4) is 0 Å². The van der Waals surface area contributed by atoms with Crippen molar-refractivity contribution in [2.24, 2.45) is 11.8 Å². The normalized spacial score (nSPS) is 12.1. The molecule has 0 unspecified atom stereocenters. The highest BCUT2D eigenvalue weighted by molar-refractivity contribution is 5.71. The molecule has 0 amide bonds. The lowest BCUT2D eigenvalue weighted by Gasteiger charge is -2.18. The SMILES string of the molecule is CCCCCCCCCCCCCCCCC(=O)OC[C@H](COC(=O)CCCCCCCCCCCCCCCCCCC(C)C)OC(=O)CCCCCCCCC(C)C. The van der Waals surface area contributed by atoms with Gasteiger partial charge in [0.25, 0.3) is 0 Å². The van der Waals surface area contributed by atoms with E-state index >= 15 is 0 Å². The molecule has 60 heavy (non-hydrogen) atoms.